The van der Waals surface area contributed by atoms with E-state index in [2.05, 4.69) is 15.9 Å². The van der Waals surface area contributed by atoms with Gasteiger partial charge in [0.05, 0.1) is 0 Å². The van der Waals surface area contributed by atoms with Crippen LogP contribution in [0.1, 0.15) is 10.4 Å². The van der Waals surface area contributed by atoms with Crippen LogP contribution in [0.5, 0.6) is 0 Å². The number of hydrogen-bond acceptors (Lipinski definition) is 2. The zero-order valence-electron chi connectivity index (χ0n) is 7.16. The fraction of sp³-hybridized carbons (Fsp3) is 0. The van der Waals surface area contributed by atoms with E-state index in [9.17, 15) is 9.90 Å². The van der Waals surface area contributed by atoms with E-state index < -0.39 is 0 Å². The molecule has 1 aromatic rings. The van der Waals surface area contributed by atoms with Crippen molar-refractivity contribution >= 4 is 21.7 Å². The number of rotatable bonds is 2. The molecule has 0 atom stereocenters. The molecule has 0 aliphatic rings. The third-order valence-corrected chi connectivity index (χ3v) is 1.82. The molecule has 0 fully saturated rings. The molecule has 4 heteroatoms. The van der Waals surface area contributed by atoms with Crippen LogP contribution in [0.4, 0.5) is 0 Å². The van der Waals surface area contributed by atoms with E-state index in [1.165, 1.54) is 0 Å². The second-order valence-electron chi connectivity index (χ2n) is 2.18. The van der Waals surface area contributed by atoms with E-state index >= 15 is 0 Å². The summed E-state index contributed by atoms with van der Waals surface area (Å²) in [4.78, 5) is 11.1. The van der Waals surface area contributed by atoms with Crippen LogP contribution in [0.25, 0.3) is 0 Å². The van der Waals surface area contributed by atoms with Crippen molar-refractivity contribution < 1.29 is 39.5 Å². The summed E-state index contributed by atoms with van der Waals surface area (Å²) < 4.78 is 0.827. The van der Waals surface area contributed by atoms with Gasteiger partial charge in [0.25, 0.3) is 0 Å². The molecule has 0 N–H and O–H groups in total. The number of hydrogen-bond donors (Lipinski definition) is 0. The number of ketones is 1. The van der Waals surface area contributed by atoms with Crippen molar-refractivity contribution in [2.24, 2.45) is 0 Å². The van der Waals surface area contributed by atoms with Gasteiger partial charge in [0.1, 0.15) is 0 Å². The molecule has 0 spiro atoms. The maximum Gasteiger partial charge on any atom is 1.00 e. The SMILES string of the molecule is O=C(/C=C/[O-])c1cccc(Br)c1.[Na+]. The van der Waals surface area contributed by atoms with Crippen molar-refractivity contribution in [2.75, 3.05) is 0 Å². The van der Waals surface area contributed by atoms with Gasteiger partial charge in [-0.2, -0.15) is 0 Å². The molecule has 2 nitrogen and oxygen atoms in total. The fourth-order valence-electron chi connectivity index (χ4n) is 0.800. The van der Waals surface area contributed by atoms with Crippen molar-refractivity contribution in [3.63, 3.8) is 0 Å². The summed E-state index contributed by atoms with van der Waals surface area (Å²) in [5.41, 5.74) is 0.511. The normalized spacial score (nSPS) is 9.62. The third kappa shape index (κ3) is 4.09. The number of benzene rings is 1. The Labute approximate surface area is 107 Å². The third-order valence-electron chi connectivity index (χ3n) is 1.33. The van der Waals surface area contributed by atoms with E-state index in [1.54, 1.807) is 18.2 Å². The number of carbonyl (C=O) groups is 1. The van der Waals surface area contributed by atoms with Gasteiger partial charge >= 0.3 is 29.6 Å². The van der Waals surface area contributed by atoms with Crippen molar-refractivity contribution in [1.29, 1.82) is 0 Å². The smallest absolute Gasteiger partial charge is 0.878 e. The molecular formula is C9H6BrNaO2. The van der Waals surface area contributed by atoms with Crippen molar-refractivity contribution in [3.8, 4) is 0 Å². The molecule has 0 aliphatic heterocycles. The Balaban J connectivity index is 0.00000144. The zero-order valence-corrected chi connectivity index (χ0v) is 10.7. The number of halogens is 1. The largest absolute Gasteiger partial charge is 1.00 e. The first kappa shape index (κ1) is 12.9. The second-order valence-corrected chi connectivity index (χ2v) is 3.09. The minimum absolute atomic E-state index is 0. The van der Waals surface area contributed by atoms with E-state index in [0.29, 0.717) is 11.8 Å². The van der Waals surface area contributed by atoms with Crippen molar-refractivity contribution in [2.45, 2.75) is 0 Å². The summed E-state index contributed by atoms with van der Waals surface area (Å²) in [6.07, 6.45) is 1.49. The number of carbonyl (C=O) groups excluding carboxylic acids is 1. The van der Waals surface area contributed by atoms with Gasteiger partial charge in [0.2, 0.25) is 0 Å². The van der Waals surface area contributed by atoms with Gasteiger partial charge in [-0.25, -0.2) is 0 Å². The van der Waals surface area contributed by atoms with Gasteiger partial charge in [0, 0.05) is 10.0 Å². The summed E-state index contributed by atoms with van der Waals surface area (Å²) in [5.74, 6) is -0.272. The Morgan fingerprint density at radius 3 is 2.69 bits per heavy atom. The molecule has 0 bridgehead atoms. The molecule has 0 heterocycles. The molecule has 0 saturated carbocycles. The first-order valence-corrected chi connectivity index (χ1v) is 4.12. The fourth-order valence-corrected chi connectivity index (χ4v) is 1.20. The Morgan fingerprint density at radius 1 is 1.46 bits per heavy atom. The average Bonchev–Trinajstić information content (AvgIpc) is 2.05. The summed E-state index contributed by atoms with van der Waals surface area (Å²) in [6, 6.07) is 6.89. The molecule has 62 valence electrons. The van der Waals surface area contributed by atoms with Crippen LogP contribution in [0.15, 0.2) is 41.1 Å². The molecule has 0 aliphatic carbocycles. The maximum absolute atomic E-state index is 11.1. The molecular weight excluding hydrogens is 243 g/mol. The molecule has 13 heavy (non-hydrogen) atoms. The Hall–Kier alpha value is -0.0900. The summed E-state index contributed by atoms with van der Waals surface area (Å²) in [5, 5.41) is 9.99. The molecule has 0 aromatic heterocycles. The standard InChI is InChI=1S/C9H7BrO2.Na/c10-8-3-1-2-7(6-8)9(12)4-5-11;/h1-6,11H;/q;+1/p-1/b5-4+;. The van der Waals surface area contributed by atoms with Crippen LogP contribution in [-0.2, 0) is 0 Å². The molecule has 0 radical (unpaired) electrons. The van der Waals surface area contributed by atoms with E-state index in [0.717, 1.165) is 10.5 Å². The van der Waals surface area contributed by atoms with Gasteiger partial charge in [-0.1, -0.05) is 28.1 Å². The van der Waals surface area contributed by atoms with Crippen LogP contribution in [0, 0.1) is 0 Å². The first-order chi connectivity index (χ1) is 5.74. The first-order valence-electron chi connectivity index (χ1n) is 3.32. The molecule has 0 unspecified atom stereocenters. The van der Waals surface area contributed by atoms with Gasteiger partial charge in [0.15, 0.2) is 5.78 Å². The second kappa shape index (κ2) is 6.38. The Morgan fingerprint density at radius 2 is 2.15 bits per heavy atom. The van der Waals surface area contributed by atoms with Crippen LogP contribution in [0.3, 0.4) is 0 Å². The van der Waals surface area contributed by atoms with Crippen LogP contribution >= 0.6 is 15.9 Å². The van der Waals surface area contributed by atoms with Gasteiger partial charge in [-0.3, -0.25) is 4.79 Å². The summed E-state index contributed by atoms with van der Waals surface area (Å²) >= 11 is 3.23. The predicted molar refractivity (Wildman–Crippen MR) is 47.6 cm³/mol. The number of allylic oxidation sites excluding steroid dienone is 1. The van der Waals surface area contributed by atoms with Gasteiger partial charge in [-0.05, 0) is 18.2 Å². The van der Waals surface area contributed by atoms with Gasteiger partial charge in [-0.15, -0.1) is 6.26 Å². The van der Waals surface area contributed by atoms with E-state index in [1.807, 2.05) is 6.07 Å². The minimum atomic E-state index is -0.272. The average molecular weight is 249 g/mol. The summed E-state index contributed by atoms with van der Waals surface area (Å²) in [6.45, 7) is 0. The predicted octanol–water partition coefficient (Wildman–Crippen LogP) is -1.49. The molecule has 0 saturated heterocycles. The Bertz CT molecular complexity index is 323. The summed E-state index contributed by atoms with van der Waals surface area (Å²) in [7, 11) is 0. The topological polar surface area (TPSA) is 40.1 Å². The quantitative estimate of drug-likeness (QED) is 0.277. The van der Waals surface area contributed by atoms with Crippen LogP contribution in [-0.4, -0.2) is 5.78 Å². The van der Waals surface area contributed by atoms with Crippen molar-refractivity contribution in [3.05, 3.63) is 46.6 Å². The van der Waals surface area contributed by atoms with Crippen LogP contribution in [0.2, 0.25) is 0 Å². The van der Waals surface area contributed by atoms with E-state index in [-0.39, 0.29) is 35.3 Å². The molecule has 0 amide bonds. The molecule has 1 rings (SSSR count). The van der Waals surface area contributed by atoms with Crippen LogP contribution < -0.4 is 34.7 Å². The van der Waals surface area contributed by atoms with E-state index in [4.69, 9.17) is 0 Å². The Kier molecular flexibility index (Phi) is 6.33. The zero-order chi connectivity index (χ0) is 8.97. The van der Waals surface area contributed by atoms with Gasteiger partial charge < -0.3 is 5.11 Å². The monoisotopic (exact) mass is 248 g/mol. The van der Waals surface area contributed by atoms with Crippen molar-refractivity contribution in [1.82, 2.24) is 0 Å². The minimum Gasteiger partial charge on any atom is -0.878 e. The molecule has 1 aromatic carbocycles. The maximum atomic E-state index is 11.1.